The van der Waals surface area contributed by atoms with Gasteiger partial charge in [0.05, 0.1) is 12.0 Å². The van der Waals surface area contributed by atoms with E-state index in [1.807, 2.05) is 12.1 Å². The van der Waals surface area contributed by atoms with Crippen LogP contribution in [0.2, 0.25) is 0 Å². The number of nitrogens with one attached hydrogen (secondary N) is 1. The second-order valence-corrected chi connectivity index (χ2v) is 5.79. The van der Waals surface area contributed by atoms with E-state index in [0.29, 0.717) is 6.54 Å². The summed E-state index contributed by atoms with van der Waals surface area (Å²) in [5.41, 5.74) is 0.670. The Morgan fingerprint density at radius 2 is 2.17 bits per heavy atom. The van der Waals surface area contributed by atoms with Crippen molar-refractivity contribution in [2.24, 2.45) is 5.41 Å². The van der Waals surface area contributed by atoms with Crippen LogP contribution in [0.1, 0.15) is 18.4 Å². The van der Waals surface area contributed by atoms with E-state index in [2.05, 4.69) is 22.8 Å². The first kappa shape index (κ1) is 11.7. The molecular formula is C14H15NO2S. The van der Waals surface area contributed by atoms with Gasteiger partial charge in [0.1, 0.15) is 0 Å². The Hall–Kier alpha value is -1.39. The van der Waals surface area contributed by atoms with Crippen molar-refractivity contribution >= 4 is 27.3 Å². The predicted molar refractivity (Wildman–Crippen MR) is 72.4 cm³/mol. The van der Waals surface area contributed by atoms with Gasteiger partial charge >= 0.3 is 0 Å². The fourth-order valence-corrected chi connectivity index (χ4v) is 3.10. The summed E-state index contributed by atoms with van der Waals surface area (Å²) in [4.78, 5) is 11.9. The number of hydrogen-bond donors (Lipinski definition) is 2. The molecule has 4 heteroatoms. The first-order valence-electron chi connectivity index (χ1n) is 6.09. The Kier molecular flexibility index (Phi) is 2.84. The van der Waals surface area contributed by atoms with Gasteiger partial charge in [-0.05, 0) is 35.2 Å². The average Bonchev–Trinajstić information content (AvgIpc) is 3.11. The molecular weight excluding hydrogens is 246 g/mol. The maximum absolute atomic E-state index is 11.9. The van der Waals surface area contributed by atoms with Crippen LogP contribution in [0.4, 0.5) is 0 Å². The summed E-state index contributed by atoms with van der Waals surface area (Å²) in [6.45, 7) is 0.508. The Morgan fingerprint density at radius 3 is 2.89 bits per heavy atom. The van der Waals surface area contributed by atoms with Gasteiger partial charge in [-0.1, -0.05) is 18.2 Å². The summed E-state index contributed by atoms with van der Waals surface area (Å²) in [7, 11) is 0. The Labute approximate surface area is 109 Å². The van der Waals surface area contributed by atoms with Crippen molar-refractivity contribution in [3.8, 4) is 0 Å². The predicted octanol–water partition coefficient (Wildman–Crippen LogP) is 2.29. The van der Waals surface area contributed by atoms with Gasteiger partial charge in [0.15, 0.2) is 0 Å². The van der Waals surface area contributed by atoms with Crippen molar-refractivity contribution in [3.63, 3.8) is 0 Å². The average molecular weight is 261 g/mol. The van der Waals surface area contributed by atoms with Crippen LogP contribution in [0.3, 0.4) is 0 Å². The monoisotopic (exact) mass is 261 g/mol. The second kappa shape index (κ2) is 4.37. The number of hydrogen-bond acceptors (Lipinski definition) is 3. The molecule has 1 fully saturated rings. The molecule has 18 heavy (non-hydrogen) atoms. The lowest BCUT2D eigenvalue weighted by atomic mass is 10.1. The molecule has 0 saturated heterocycles. The van der Waals surface area contributed by atoms with Gasteiger partial charge in [0, 0.05) is 11.2 Å². The second-order valence-electron chi connectivity index (χ2n) is 4.88. The first-order valence-corrected chi connectivity index (χ1v) is 6.97. The zero-order chi connectivity index (χ0) is 12.6. The number of amides is 1. The highest BCUT2D eigenvalue weighted by molar-refractivity contribution is 7.17. The number of carbonyl (C=O) groups excluding carboxylic acids is 1. The van der Waals surface area contributed by atoms with Crippen molar-refractivity contribution in [2.45, 2.75) is 19.4 Å². The first-order chi connectivity index (χ1) is 8.75. The van der Waals surface area contributed by atoms with Crippen molar-refractivity contribution in [2.75, 3.05) is 6.61 Å². The van der Waals surface area contributed by atoms with E-state index in [1.165, 1.54) is 10.1 Å². The molecule has 1 amide bonds. The van der Waals surface area contributed by atoms with Crippen molar-refractivity contribution in [1.29, 1.82) is 0 Å². The van der Waals surface area contributed by atoms with Gasteiger partial charge in [-0.15, -0.1) is 11.3 Å². The summed E-state index contributed by atoms with van der Waals surface area (Å²) in [6.07, 6.45) is 1.61. The SMILES string of the molecule is O=C(NCc1csc2ccccc12)C1(CO)CC1. The summed E-state index contributed by atoms with van der Waals surface area (Å²) in [5, 5.41) is 15.4. The number of rotatable bonds is 4. The zero-order valence-electron chi connectivity index (χ0n) is 9.98. The maximum atomic E-state index is 11.9. The third kappa shape index (κ3) is 1.91. The molecule has 0 aliphatic heterocycles. The van der Waals surface area contributed by atoms with E-state index in [0.717, 1.165) is 18.4 Å². The zero-order valence-corrected chi connectivity index (χ0v) is 10.8. The Morgan fingerprint density at radius 1 is 1.39 bits per heavy atom. The van der Waals surface area contributed by atoms with Gasteiger partial charge in [-0.2, -0.15) is 0 Å². The number of benzene rings is 1. The molecule has 0 radical (unpaired) electrons. The van der Waals surface area contributed by atoms with Crippen molar-refractivity contribution in [1.82, 2.24) is 5.32 Å². The maximum Gasteiger partial charge on any atom is 0.228 e. The van der Waals surface area contributed by atoms with Crippen LogP contribution < -0.4 is 5.32 Å². The minimum absolute atomic E-state index is 0.0136. The molecule has 1 aliphatic carbocycles. The van der Waals surface area contributed by atoms with E-state index in [1.54, 1.807) is 11.3 Å². The van der Waals surface area contributed by atoms with Crippen LogP contribution in [0.25, 0.3) is 10.1 Å². The normalized spacial score (nSPS) is 16.7. The fraction of sp³-hybridized carbons (Fsp3) is 0.357. The lowest BCUT2D eigenvalue weighted by Crippen LogP contribution is -2.33. The Bertz CT molecular complexity index is 586. The molecule has 1 aromatic heterocycles. The highest BCUT2D eigenvalue weighted by Gasteiger charge is 2.49. The van der Waals surface area contributed by atoms with Gasteiger partial charge in [0.2, 0.25) is 5.91 Å². The van der Waals surface area contributed by atoms with Gasteiger partial charge in [-0.25, -0.2) is 0 Å². The molecule has 0 atom stereocenters. The molecule has 2 aromatic rings. The van der Waals surface area contributed by atoms with Gasteiger partial charge in [-0.3, -0.25) is 4.79 Å². The van der Waals surface area contributed by atoms with Crippen LogP contribution in [0, 0.1) is 5.41 Å². The lowest BCUT2D eigenvalue weighted by molar-refractivity contribution is -0.127. The largest absolute Gasteiger partial charge is 0.395 e. The van der Waals surface area contributed by atoms with E-state index < -0.39 is 5.41 Å². The standard InChI is InChI=1S/C14H15NO2S/c16-9-14(5-6-14)13(17)15-7-10-8-18-12-4-2-1-3-11(10)12/h1-4,8,16H,5-7,9H2,(H,15,17). The smallest absolute Gasteiger partial charge is 0.228 e. The molecule has 2 N–H and O–H groups in total. The topological polar surface area (TPSA) is 49.3 Å². The summed E-state index contributed by atoms with van der Waals surface area (Å²) in [5.74, 6) is -0.0136. The lowest BCUT2D eigenvalue weighted by Gasteiger charge is -2.11. The molecule has 1 heterocycles. The summed E-state index contributed by atoms with van der Waals surface area (Å²) < 4.78 is 1.24. The summed E-state index contributed by atoms with van der Waals surface area (Å²) >= 11 is 1.69. The molecule has 1 aromatic carbocycles. The molecule has 1 aliphatic rings. The molecule has 0 spiro atoms. The fourth-order valence-electron chi connectivity index (χ4n) is 2.14. The van der Waals surface area contributed by atoms with Gasteiger partial charge < -0.3 is 10.4 Å². The molecule has 1 saturated carbocycles. The van der Waals surface area contributed by atoms with Crippen LogP contribution in [-0.4, -0.2) is 17.6 Å². The van der Waals surface area contributed by atoms with Crippen LogP contribution in [-0.2, 0) is 11.3 Å². The number of aliphatic hydroxyl groups is 1. The molecule has 3 rings (SSSR count). The highest BCUT2D eigenvalue weighted by Crippen LogP contribution is 2.45. The number of fused-ring (bicyclic) bond motifs is 1. The molecule has 3 nitrogen and oxygen atoms in total. The molecule has 0 unspecified atom stereocenters. The van der Waals surface area contributed by atoms with E-state index in [-0.39, 0.29) is 12.5 Å². The highest BCUT2D eigenvalue weighted by atomic mass is 32.1. The molecule has 94 valence electrons. The van der Waals surface area contributed by atoms with Gasteiger partial charge in [0.25, 0.3) is 0 Å². The van der Waals surface area contributed by atoms with Crippen LogP contribution in [0.15, 0.2) is 29.6 Å². The van der Waals surface area contributed by atoms with E-state index in [9.17, 15) is 9.90 Å². The van der Waals surface area contributed by atoms with Crippen molar-refractivity contribution < 1.29 is 9.90 Å². The summed E-state index contributed by atoms with van der Waals surface area (Å²) in [6, 6.07) is 8.19. The van der Waals surface area contributed by atoms with Crippen molar-refractivity contribution in [3.05, 3.63) is 35.2 Å². The Balaban J connectivity index is 1.72. The number of carbonyl (C=O) groups is 1. The third-order valence-electron chi connectivity index (χ3n) is 3.64. The quantitative estimate of drug-likeness (QED) is 0.887. The minimum atomic E-state index is -0.480. The van der Waals surface area contributed by atoms with Crippen LogP contribution in [0.5, 0.6) is 0 Å². The minimum Gasteiger partial charge on any atom is -0.395 e. The number of aliphatic hydroxyl groups excluding tert-OH is 1. The third-order valence-corrected chi connectivity index (χ3v) is 4.65. The van der Waals surface area contributed by atoms with Crippen LogP contribution >= 0.6 is 11.3 Å². The number of thiophene rings is 1. The van der Waals surface area contributed by atoms with E-state index in [4.69, 9.17) is 0 Å². The molecule has 0 bridgehead atoms. The van der Waals surface area contributed by atoms with E-state index >= 15 is 0 Å².